The molecule has 1 N–H and O–H groups in total. The number of rotatable bonds is 3. The van der Waals surface area contributed by atoms with Crippen LogP contribution in [0.25, 0.3) is 11.4 Å². The van der Waals surface area contributed by atoms with E-state index in [2.05, 4.69) is 15.0 Å². The lowest BCUT2D eigenvalue weighted by Gasteiger charge is -2.09. The standard InChI is InChI=1S/C13H13N3O2/c1-8-11(7-12(17)18)9(2)16-13(15-8)10-3-5-14-6-4-10/h3-6H,7H2,1-2H3,(H,17,18). The number of nitrogens with zero attached hydrogens (tertiary/aromatic N) is 3. The van der Waals surface area contributed by atoms with Gasteiger partial charge in [-0.1, -0.05) is 0 Å². The molecule has 92 valence electrons. The Hall–Kier alpha value is -2.30. The highest BCUT2D eigenvalue weighted by atomic mass is 16.4. The Labute approximate surface area is 105 Å². The van der Waals surface area contributed by atoms with Gasteiger partial charge in [-0.2, -0.15) is 0 Å². The lowest BCUT2D eigenvalue weighted by atomic mass is 10.1. The van der Waals surface area contributed by atoms with Crippen molar-refractivity contribution < 1.29 is 9.90 Å². The average Bonchev–Trinajstić information content (AvgIpc) is 2.34. The molecule has 2 aromatic heterocycles. The number of hydrogen-bond donors (Lipinski definition) is 1. The maximum atomic E-state index is 10.8. The summed E-state index contributed by atoms with van der Waals surface area (Å²) in [5.41, 5.74) is 2.96. The normalized spacial score (nSPS) is 10.3. The van der Waals surface area contributed by atoms with Gasteiger partial charge in [0.05, 0.1) is 6.42 Å². The Morgan fingerprint density at radius 2 is 1.72 bits per heavy atom. The van der Waals surface area contributed by atoms with Crippen molar-refractivity contribution in [2.45, 2.75) is 20.3 Å². The van der Waals surface area contributed by atoms with E-state index in [0.29, 0.717) is 22.8 Å². The van der Waals surface area contributed by atoms with E-state index in [1.54, 1.807) is 26.2 Å². The van der Waals surface area contributed by atoms with Gasteiger partial charge in [0.2, 0.25) is 0 Å². The third-order valence-corrected chi connectivity index (χ3v) is 2.69. The van der Waals surface area contributed by atoms with Gasteiger partial charge in [-0.25, -0.2) is 9.97 Å². The summed E-state index contributed by atoms with van der Waals surface area (Å²) in [6, 6.07) is 3.65. The van der Waals surface area contributed by atoms with Crippen LogP contribution in [-0.2, 0) is 11.2 Å². The molecule has 0 unspecified atom stereocenters. The van der Waals surface area contributed by atoms with E-state index in [0.717, 1.165) is 5.56 Å². The zero-order chi connectivity index (χ0) is 13.1. The number of hydrogen-bond acceptors (Lipinski definition) is 4. The summed E-state index contributed by atoms with van der Waals surface area (Å²) >= 11 is 0. The van der Waals surface area contributed by atoms with Gasteiger partial charge in [0.1, 0.15) is 0 Å². The van der Waals surface area contributed by atoms with Crippen molar-refractivity contribution in [3.63, 3.8) is 0 Å². The second kappa shape index (κ2) is 4.91. The van der Waals surface area contributed by atoms with Crippen molar-refractivity contribution in [2.75, 3.05) is 0 Å². The third kappa shape index (κ3) is 2.51. The predicted octanol–water partition coefficient (Wildman–Crippen LogP) is 1.78. The Bertz CT molecular complexity index is 559. The van der Waals surface area contributed by atoms with Crippen LogP contribution >= 0.6 is 0 Å². The Kier molecular flexibility index (Phi) is 3.32. The minimum absolute atomic E-state index is 0.0473. The zero-order valence-corrected chi connectivity index (χ0v) is 10.2. The van der Waals surface area contributed by atoms with E-state index in [1.807, 2.05) is 12.1 Å². The number of carboxylic acid groups (broad SMARTS) is 1. The van der Waals surface area contributed by atoms with E-state index >= 15 is 0 Å². The van der Waals surface area contributed by atoms with Crippen LogP contribution in [0.2, 0.25) is 0 Å². The summed E-state index contributed by atoms with van der Waals surface area (Å²) in [5, 5.41) is 8.84. The van der Waals surface area contributed by atoms with Gasteiger partial charge in [0.25, 0.3) is 0 Å². The predicted molar refractivity (Wildman–Crippen MR) is 66.1 cm³/mol. The Morgan fingerprint density at radius 3 is 2.22 bits per heavy atom. The smallest absolute Gasteiger partial charge is 0.307 e. The molecule has 0 aliphatic carbocycles. The summed E-state index contributed by atoms with van der Waals surface area (Å²) in [6.45, 7) is 3.61. The van der Waals surface area contributed by atoms with E-state index in [4.69, 9.17) is 5.11 Å². The van der Waals surface area contributed by atoms with Crippen molar-refractivity contribution in [2.24, 2.45) is 0 Å². The minimum atomic E-state index is -0.874. The van der Waals surface area contributed by atoms with Crippen LogP contribution in [0.4, 0.5) is 0 Å². The summed E-state index contributed by atoms with van der Waals surface area (Å²) in [5.74, 6) is -0.275. The van der Waals surface area contributed by atoms with Gasteiger partial charge < -0.3 is 5.11 Å². The van der Waals surface area contributed by atoms with E-state index < -0.39 is 5.97 Å². The molecule has 0 fully saturated rings. The number of aliphatic carboxylic acids is 1. The fourth-order valence-electron chi connectivity index (χ4n) is 1.78. The minimum Gasteiger partial charge on any atom is -0.481 e. The zero-order valence-electron chi connectivity index (χ0n) is 10.2. The Morgan fingerprint density at radius 1 is 1.17 bits per heavy atom. The van der Waals surface area contributed by atoms with Crippen molar-refractivity contribution >= 4 is 5.97 Å². The molecule has 0 aromatic carbocycles. The quantitative estimate of drug-likeness (QED) is 0.889. The molecule has 0 amide bonds. The summed E-state index contributed by atoms with van der Waals surface area (Å²) in [4.78, 5) is 23.4. The molecule has 0 spiro atoms. The number of aromatic nitrogens is 3. The first kappa shape index (κ1) is 12.2. The molecule has 0 saturated heterocycles. The van der Waals surface area contributed by atoms with Crippen molar-refractivity contribution in [3.8, 4) is 11.4 Å². The average molecular weight is 243 g/mol. The largest absolute Gasteiger partial charge is 0.481 e. The van der Waals surface area contributed by atoms with Gasteiger partial charge in [-0.15, -0.1) is 0 Å². The molecule has 18 heavy (non-hydrogen) atoms. The van der Waals surface area contributed by atoms with Crippen molar-refractivity contribution in [1.82, 2.24) is 15.0 Å². The molecular weight excluding hydrogens is 230 g/mol. The van der Waals surface area contributed by atoms with Gasteiger partial charge in [0.15, 0.2) is 5.82 Å². The lowest BCUT2D eigenvalue weighted by Crippen LogP contribution is -2.08. The third-order valence-electron chi connectivity index (χ3n) is 2.69. The summed E-state index contributed by atoms with van der Waals surface area (Å²) in [7, 11) is 0. The highest BCUT2D eigenvalue weighted by molar-refractivity contribution is 5.71. The second-order valence-electron chi connectivity index (χ2n) is 4.00. The Balaban J connectivity index is 2.46. The highest BCUT2D eigenvalue weighted by Crippen LogP contribution is 2.18. The first-order valence-electron chi connectivity index (χ1n) is 5.54. The van der Waals surface area contributed by atoms with Crippen LogP contribution < -0.4 is 0 Å². The van der Waals surface area contributed by atoms with Crippen LogP contribution in [0, 0.1) is 13.8 Å². The van der Waals surface area contributed by atoms with E-state index in [-0.39, 0.29) is 6.42 Å². The molecule has 2 rings (SSSR count). The van der Waals surface area contributed by atoms with Crippen molar-refractivity contribution in [3.05, 3.63) is 41.5 Å². The molecule has 0 aliphatic rings. The van der Waals surface area contributed by atoms with Crippen molar-refractivity contribution in [1.29, 1.82) is 0 Å². The van der Waals surface area contributed by atoms with E-state index in [1.165, 1.54) is 0 Å². The van der Waals surface area contributed by atoms with Crippen LogP contribution in [0.3, 0.4) is 0 Å². The van der Waals surface area contributed by atoms with Crippen LogP contribution in [0.15, 0.2) is 24.5 Å². The first-order chi connectivity index (χ1) is 8.58. The summed E-state index contributed by atoms with van der Waals surface area (Å²) in [6.07, 6.45) is 3.30. The summed E-state index contributed by atoms with van der Waals surface area (Å²) < 4.78 is 0. The molecule has 5 heteroatoms. The molecule has 0 radical (unpaired) electrons. The molecule has 5 nitrogen and oxygen atoms in total. The highest BCUT2D eigenvalue weighted by Gasteiger charge is 2.12. The van der Waals surface area contributed by atoms with Crippen LogP contribution in [-0.4, -0.2) is 26.0 Å². The van der Waals surface area contributed by atoms with Crippen LogP contribution in [0.1, 0.15) is 17.0 Å². The molecule has 2 aromatic rings. The van der Waals surface area contributed by atoms with Crippen LogP contribution in [0.5, 0.6) is 0 Å². The molecule has 0 saturated carbocycles. The molecule has 0 atom stereocenters. The lowest BCUT2D eigenvalue weighted by molar-refractivity contribution is -0.136. The van der Waals surface area contributed by atoms with Gasteiger partial charge in [-0.3, -0.25) is 9.78 Å². The molecule has 0 aliphatic heterocycles. The first-order valence-corrected chi connectivity index (χ1v) is 5.54. The fourth-order valence-corrected chi connectivity index (χ4v) is 1.78. The number of carbonyl (C=O) groups is 1. The van der Waals surface area contributed by atoms with Gasteiger partial charge >= 0.3 is 5.97 Å². The molecular formula is C13H13N3O2. The number of aryl methyl sites for hydroxylation is 2. The van der Waals surface area contributed by atoms with Gasteiger partial charge in [-0.05, 0) is 26.0 Å². The maximum absolute atomic E-state index is 10.8. The van der Waals surface area contributed by atoms with Gasteiger partial charge in [0, 0.05) is 34.9 Å². The monoisotopic (exact) mass is 243 g/mol. The topological polar surface area (TPSA) is 76.0 Å². The molecule has 0 bridgehead atoms. The second-order valence-corrected chi connectivity index (χ2v) is 4.00. The SMILES string of the molecule is Cc1nc(-c2ccncc2)nc(C)c1CC(=O)O. The molecule has 2 heterocycles. The number of pyridine rings is 1. The maximum Gasteiger partial charge on any atom is 0.307 e. The van der Waals surface area contributed by atoms with E-state index in [9.17, 15) is 4.79 Å². The fraction of sp³-hybridized carbons (Fsp3) is 0.231. The number of carboxylic acids is 1.